The van der Waals surface area contributed by atoms with Crippen LogP contribution in [0.5, 0.6) is 5.75 Å². The van der Waals surface area contributed by atoms with E-state index in [1.54, 1.807) is 6.07 Å². The quantitative estimate of drug-likeness (QED) is 0.522. The molecule has 0 aromatic heterocycles. The molecule has 5 heteroatoms. The Morgan fingerprint density at radius 1 is 1.00 bits per heavy atom. The number of aromatic hydroxyl groups is 1. The second-order valence-electron chi connectivity index (χ2n) is 6.95. The highest BCUT2D eigenvalue weighted by Gasteiger charge is 2.59. The summed E-state index contributed by atoms with van der Waals surface area (Å²) in [6.07, 6.45) is 6.43. The van der Waals surface area contributed by atoms with Crippen LogP contribution in [0.1, 0.15) is 12.0 Å². The van der Waals surface area contributed by atoms with Gasteiger partial charge < -0.3 is 5.11 Å². The van der Waals surface area contributed by atoms with Gasteiger partial charge in [0.2, 0.25) is 0 Å². The third-order valence-corrected chi connectivity index (χ3v) is 5.70. The van der Waals surface area contributed by atoms with Gasteiger partial charge >= 0.3 is 0 Å². The Morgan fingerprint density at radius 2 is 1.68 bits per heavy atom. The zero-order valence-electron chi connectivity index (χ0n) is 13.4. The summed E-state index contributed by atoms with van der Waals surface area (Å²) in [6, 6.07) is 11.0. The fraction of sp³-hybridized carbons (Fsp3) is 0.250. The Balaban J connectivity index is 1.52. The third-order valence-electron chi connectivity index (χ3n) is 5.70. The molecule has 124 valence electrons. The number of hydrogen-bond donors (Lipinski definition) is 1. The van der Waals surface area contributed by atoms with Gasteiger partial charge in [-0.1, -0.05) is 42.5 Å². The van der Waals surface area contributed by atoms with Crippen LogP contribution in [-0.4, -0.2) is 28.1 Å². The Kier molecular flexibility index (Phi) is 2.89. The lowest BCUT2D eigenvalue weighted by Gasteiger charge is -2.13. The van der Waals surface area contributed by atoms with Crippen molar-refractivity contribution < 1.29 is 14.7 Å². The summed E-state index contributed by atoms with van der Waals surface area (Å²) in [6.45, 7) is 0. The number of hydrazone groups is 1. The van der Waals surface area contributed by atoms with Gasteiger partial charge in [-0.15, -0.1) is 0 Å². The van der Waals surface area contributed by atoms with Gasteiger partial charge in [0.25, 0.3) is 11.8 Å². The highest BCUT2D eigenvalue weighted by Crippen LogP contribution is 2.52. The van der Waals surface area contributed by atoms with Gasteiger partial charge in [0.1, 0.15) is 5.75 Å². The predicted molar refractivity (Wildman–Crippen MR) is 92.8 cm³/mol. The van der Waals surface area contributed by atoms with E-state index in [1.807, 2.05) is 30.3 Å². The lowest BCUT2D eigenvalue weighted by Crippen LogP contribution is -2.28. The molecule has 0 unspecified atom stereocenters. The number of fused-ring (bicyclic) bond motifs is 6. The van der Waals surface area contributed by atoms with Crippen molar-refractivity contribution >= 4 is 28.8 Å². The molecule has 2 aliphatic carbocycles. The number of amides is 2. The molecular weight excluding hydrogens is 316 g/mol. The van der Waals surface area contributed by atoms with Crippen molar-refractivity contribution in [2.24, 2.45) is 28.8 Å². The summed E-state index contributed by atoms with van der Waals surface area (Å²) >= 11 is 0. The van der Waals surface area contributed by atoms with Crippen molar-refractivity contribution in [3.63, 3.8) is 0 Å². The van der Waals surface area contributed by atoms with E-state index >= 15 is 0 Å². The molecule has 1 saturated carbocycles. The van der Waals surface area contributed by atoms with Crippen LogP contribution in [0.25, 0.3) is 10.8 Å². The summed E-state index contributed by atoms with van der Waals surface area (Å²) in [5.74, 6) is -0.564. The summed E-state index contributed by atoms with van der Waals surface area (Å²) in [4.78, 5) is 25.3. The number of nitrogens with zero attached hydrogens (tertiary/aromatic N) is 2. The normalized spacial score (nSPS) is 30.2. The molecule has 0 spiro atoms. The number of phenolic OH excluding ortho intramolecular Hbond substituents is 1. The van der Waals surface area contributed by atoms with Crippen LogP contribution in [0, 0.1) is 23.7 Å². The van der Waals surface area contributed by atoms with Crippen LogP contribution in [0.3, 0.4) is 0 Å². The molecule has 1 saturated heterocycles. The molecule has 5 nitrogen and oxygen atoms in total. The molecule has 2 aromatic carbocycles. The molecule has 4 atom stereocenters. The van der Waals surface area contributed by atoms with E-state index in [-0.39, 0.29) is 41.2 Å². The fourth-order valence-electron chi connectivity index (χ4n) is 4.54. The van der Waals surface area contributed by atoms with Crippen molar-refractivity contribution in [2.45, 2.75) is 6.42 Å². The Bertz CT molecular complexity index is 948. The standard InChI is InChI=1S/C20H16N2O3/c23-16-8-7-11-3-1-2-4-14(11)15(16)10-21-22-19(24)17-12-5-6-13(9-12)18(17)20(22)25/h1-8,10,12-13,17-18,23H,9H2/t12-,13-,17-,18+/m0/s1. The molecule has 2 aromatic rings. The molecule has 5 rings (SSSR count). The number of benzene rings is 2. The van der Waals surface area contributed by atoms with E-state index in [0.29, 0.717) is 5.56 Å². The highest BCUT2D eigenvalue weighted by molar-refractivity contribution is 6.08. The van der Waals surface area contributed by atoms with Crippen molar-refractivity contribution in [3.8, 4) is 5.75 Å². The van der Waals surface area contributed by atoms with E-state index in [2.05, 4.69) is 17.3 Å². The van der Waals surface area contributed by atoms with Gasteiger partial charge in [-0.3, -0.25) is 9.59 Å². The number of imide groups is 1. The van der Waals surface area contributed by atoms with Gasteiger partial charge in [-0.2, -0.15) is 10.1 Å². The van der Waals surface area contributed by atoms with Crippen molar-refractivity contribution in [3.05, 3.63) is 54.1 Å². The zero-order chi connectivity index (χ0) is 17.1. The average Bonchev–Trinajstić information content (AvgIpc) is 3.29. The molecule has 3 aliphatic rings. The first kappa shape index (κ1) is 14.4. The summed E-state index contributed by atoms with van der Waals surface area (Å²) in [7, 11) is 0. The van der Waals surface area contributed by atoms with Crippen LogP contribution in [0.2, 0.25) is 0 Å². The van der Waals surface area contributed by atoms with Crippen LogP contribution in [0.4, 0.5) is 0 Å². The summed E-state index contributed by atoms with van der Waals surface area (Å²) < 4.78 is 0. The molecule has 2 amide bonds. The smallest absolute Gasteiger partial charge is 0.254 e. The largest absolute Gasteiger partial charge is 0.507 e. The van der Waals surface area contributed by atoms with Crippen molar-refractivity contribution in [1.29, 1.82) is 0 Å². The minimum Gasteiger partial charge on any atom is -0.507 e. The van der Waals surface area contributed by atoms with Gasteiger partial charge in [0.05, 0.1) is 18.1 Å². The van der Waals surface area contributed by atoms with Crippen LogP contribution in [-0.2, 0) is 9.59 Å². The number of carbonyl (C=O) groups excluding carboxylic acids is 2. The van der Waals surface area contributed by atoms with Gasteiger partial charge in [-0.05, 0) is 35.1 Å². The van der Waals surface area contributed by atoms with Crippen molar-refractivity contribution in [2.75, 3.05) is 0 Å². The number of carbonyl (C=O) groups is 2. The van der Waals surface area contributed by atoms with Crippen molar-refractivity contribution in [1.82, 2.24) is 5.01 Å². The first-order chi connectivity index (χ1) is 12.1. The highest BCUT2D eigenvalue weighted by atomic mass is 16.3. The first-order valence-electron chi connectivity index (χ1n) is 8.46. The SMILES string of the molecule is O=C1[C@@H]2[C@H](C(=O)N1N=Cc1c(O)ccc3ccccc13)[C@H]1C=C[C@H]2C1. The van der Waals surface area contributed by atoms with Gasteiger partial charge in [0.15, 0.2) is 0 Å². The monoisotopic (exact) mass is 332 g/mol. The van der Waals surface area contributed by atoms with E-state index in [9.17, 15) is 14.7 Å². The molecule has 1 heterocycles. The second-order valence-corrected chi connectivity index (χ2v) is 6.95. The molecular formula is C20H16N2O3. The second kappa shape index (κ2) is 5.02. The van der Waals surface area contributed by atoms with E-state index in [0.717, 1.165) is 22.2 Å². The predicted octanol–water partition coefficient (Wildman–Crippen LogP) is 2.69. The first-order valence-corrected chi connectivity index (χ1v) is 8.46. The molecule has 1 aliphatic heterocycles. The Hall–Kier alpha value is -2.95. The fourth-order valence-corrected chi connectivity index (χ4v) is 4.54. The van der Waals surface area contributed by atoms with Crippen LogP contribution < -0.4 is 0 Å². The van der Waals surface area contributed by atoms with Gasteiger partial charge in [0, 0.05) is 5.56 Å². The molecule has 1 N–H and O–H groups in total. The minimum absolute atomic E-state index is 0.0727. The third kappa shape index (κ3) is 1.92. The average molecular weight is 332 g/mol. The maximum Gasteiger partial charge on any atom is 0.254 e. The molecule has 2 bridgehead atoms. The lowest BCUT2D eigenvalue weighted by molar-refractivity contribution is -0.140. The molecule has 0 radical (unpaired) electrons. The Morgan fingerprint density at radius 3 is 2.40 bits per heavy atom. The zero-order valence-corrected chi connectivity index (χ0v) is 13.4. The maximum absolute atomic E-state index is 12.7. The number of rotatable bonds is 2. The summed E-state index contributed by atoms with van der Waals surface area (Å²) in [5.41, 5.74) is 0.511. The summed E-state index contributed by atoms with van der Waals surface area (Å²) in [5, 5.41) is 17.1. The van der Waals surface area contributed by atoms with Crippen LogP contribution >= 0.6 is 0 Å². The van der Waals surface area contributed by atoms with E-state index in [4.69, 9.17) is 0 Å². The van der Waals surface area contributed by atoms with Crippen LogP contribution in [0.15, 0.2) is 53.7 Å². The number of allylic oxidation sites excluding steroid dienone is 2. The lowest BCUT2D eigenvalue weighted by atomic mass is 9.85. The number of hydrogen-bond acceptors (Lipinski definition) is 4. The van der Waals surface area contributed by atoms with Gasteiger partial charge in [-0.25, -0.2) is 0 Å². The van der Waals surface area contributed by atoms with E-state index < -0.39 is 0 Å². The maximum atomic E-state index is 12.7. The number of phenols is 1. The molecule has 2 fully saturated rings. The van der Waals surface area contributed by atoms with E-state index in [1.165, 1.54) is 6.21 Å². The Labute approximate surface area is 144 Å². The molecule has 25 heavy (non-hydrogen) atoms. The minimum atomic E-state index is -0.263. The topological polar surface area (TPSA) is 70.0 Å².